The van der Waals surface area contributed by atoms with Gasteiger partial charge in [0.2, 0.25) is 5.88 Å². The molecule has 11 heteroatoms. The van der Waals surface area contributed by atoms with Crippen molar-refractivity contribution in [2.45, 2.75) is 50.7 Å². The van der Waals surface area contributed by atoms with E-state index >= 15 is 0 Å². The predicted molar refractivity (Wildman–Crippen MR) is 116 cm³/mol. The number of likely N-dealkylation sites (tertiary alicyclic amines) is 1. The lowest BCUT2D eigenvalue weighted by atomic mass is 10.1. The third kappa shape index (κ3) is 5.84. The summed E-state index contributed by atoms with van der Waals surface area (Å²) in [6.45, 7) is 6.40. The normalized spacial score (nSPS) is 15.0. The van der Waals surface area contributed by atoms with Crippen molar-refractivity contribution in [3.05, 3.63) is 35.9 Å². The molecule has 0 radical (unpaired) electrons. The number of piperidine rings is 1. The van der Waals surface area contributed by atoms with Gasteiger partial charge < -0.3 is 19.7 Å². The van der Waals surface area contributed by atoms with Gasteiger partial charge >= 0.3 is 6.09 Å². The Morgan fingerprint density at radius 1 is 1.25 bits per heavy atom. The van der Waals surface area contributed by atoms with E-state index in [0.29, 0.717) is 43.2 Å². The highest BCUT2D eigenvalue weighted by molar-refractivity contribution is 7.90. The minimum absolute atomic E-state index is 0.0853. The van der Waals surface area contributed by atoms with E-state index in [1.54, 1.807) is 11.8 Å². The van der Waals surface area contributed by atoms with Crippen molar-refractivity contribution in [1.29, 1.82) is 0 Å². The van der Waals surface area contributed by atoms with E-state index in [9.17, 15) is 17.6 Å². The molecule has 2 aromatic rings. The van der Waals surface area contributed by atoms with Crippen molar-refractivity contribution in [2.24, 2.45) is 0 Å². The van der Waals surface area contributed by atoms with Gasteiger partial charge in [0.25, 0.3) is 0 Å². The number of amides is 1. The third-order valence-electron chi connectivity index (χ3n) is 4.97. The van der Waals surface area contributed by atoms with Crippen LogP contribution in [0.4, 0.5) is 20.7 Å². The summed E-state index contributed by atoms with van der Waals surface area (Å²) in [5, 5.41) is 2.87. The number of carbonyl (C=O) groups excluding carboxylic acids is 1. The lowest BCUT2D eigenvalue weighted by molar-refractivity contribution is 0.0505. The molecule has 2 heterocycles. The second-order valence-electron chi connectivity index (χ2n) is 7.93. The van der Waals surface area contributed by atoms with Crippen LogP contribution in [0.25, 0.3) is 0 Å². The van der Waals surface area contributed by atoms with E-state index in [1.807, 2.05) is 13.8 Å². The molecule has 1 aliphatic rings. The number of hydrogen-bond donors (Lipinski definition) is 1. The van der Waals surface area contributed by atoms with Crippen molar-refractivity contribution < 1.29 is 27.1 Å². The number of hydrogen-bond acceptors (Lipinski definition) is 8. The second kappa shape index (κ2) is 9.68. The van der Waals surface area contributed by atoms with E-state index < -0.39 is 15.7 Å². The van der Waals surface area contributed by atoms with Crippen LogP contribution in [0.15, 0.2) is 29.4 Å². The molecule has 9 nitrogen and oxygen atoms in total. The topological polar surface area (TPSA) is 111 Å². The summed E-state index contributed by atoms with van der Waals surface area (Å²) >= 11 is 0. The van der Waals surface area contributed by atoms with Gasteiger partial charge in [-0.25, -0.2) is 27.6 Å². The van der Waals surface area contributed by atoms with Gasteiger partial charge in [-0.15, -0.1) is 0 Å². The van der Waals surface area contributed by atoms with Crippen LogP contribution >= 0.6 is 0 Å². The molecule has 1 aromatic carbocycles. The summed E-state index contributed by atoms with van der Waals surface area (Å²) in [5.41, 5.74) is 0.669. The molecule has 0 saturated carbocycles. The molecule has 174 valence electrons. The lowest BCUT2D eigenvalue weighted by Crippen LogP contribution is -2.42. The number of nitrogens with zero attached hydrogens (tertiary/aromatic N) is 3. The summed E-state index contributed by atoms with van der Waals surface area (Å²) in [7, 11) is -3.51. The van der Waals surface area contributed by atoms with Gasteiger partial charge in [-0.2, -0.15) is 0 Å². The van der Waals surface area contributed by atoms with E-state index in [-0.39, 0.29) is 28.9 Å². The first-order valence-electron chi connectivity index (χ1n) is 10.2. The van der Waals surface area contributed by atoms with E-state index in [4.69, 9.17) is 9.47 Å². The Bertz CT molecular complexity index is 1090. The van der Waals surface area contributed by atoms with Crippen molar-refractivity contribution in [2.75, 3.05) is 24.7 Å². The number of benzene rings is 1. The Balaban J connectivity index is 1.66. The van der Waals surface area contributed by atoms with Gasteiger partial charge in [0.1, 0.15) is 24.1 Å². The zero-order chi connectivity index (χ0) is 23.5. The average Bonchev–Trinajstić information content (AvgIpc) is 2.71. The largest absolute Gasteiger partial charge is 0.474 e. The summed E-state index contributed by atoms with van der Waals surface area (Å²) in [4.78, 5) is 21.9. The van der Waals surface area contributed by atoms with Gasteiger partial charge in [-0.3, -0.25) is 0 Å². The number of ether oxygens (including phenoxy) is 2. The Hall–Kier alpha value is -2.95. The molecule has 0 unspecified atom stereocenters. The quantitative estimate of drug-likeness (QED) is 0.689. The molecule has 0 aliphatic carbocycles. The smallest absolute Gasteiger partial charge is 0.410 e. The highest BCUT2D eigenvalue weighted by Crippen LogP contribution is 2.28. The fourth-order valence-corrected chi connectivity index (χ4v) is 3.86. The first kappa shape index (κ1) is 23.7. The van der Waals surface area contributed by atoms with Gasteiger partial charge in [0.15, 0.2) is 9.84 Å². The number of halogens is 1. The van der Waals surface area contributed by atoms with Gasteiger partial charge in [0, 0.05) is 32.2 Å². The van der Waals surface area contributed by atoms with Gasteiger partial charge in [-0.1, -0.05) is 0 Å². The molecular formula is C21H27FN4O5S. The van der Waals surface area contributed by atoms with Crippen LogP contribution in [0.1, 0.15) is 32.3 Å². The van der Waals surface area contributed by atoms with Crippen LogP contribution in [0, 0.1) is 12.7 Å². The van der Waals surface area contributed by atoms with Crippen LogP contribution in [-0.4, -0.2) is 60.9 Å². The molecule has 1 aliphatic heterocycles. The molecule has 0 spiro atoms. The summed E-state index contributed by atoms with van der Waals surface area (Å²) in [6.07, 6.45) is 2.95. The fourth-order valence-electron chi connectivity index (χ4n) is 3.22. The SMILES string of the molecule is Cc1c(Nc2ccc(S(C)(=O)=O)cc2F)ncnc1OC1CCN(C(=O)OC(C)C)CC1. The highest BCUT2D eigenvalue weighted by atomic mass is 32.2. The molecule has 1 fully saturated rings. The number of anilines is 2. The molecule has 32 heavy (non-hydrogen) atoms. The van der Waals surface area contributed by atoms with Crippen LogP contribution in [0.5, 0.6) is 5.88 Å². The fraction of sp³-hybridized carbons (Fsp3) is 0.476. The van der Waals surface area contributed by atoms with Crippen LogP contribution in [0.2, 0.25) is 0 Å². The van der Waals surface area contributed by atoms with Crippen LogP contribution < -0.4 is 10.1 Å². The highest BCUT2D eigenvalue weighted by Gasteiger charge is 2.26. The summed E-state index contributed by atoms with van der Waals surface area (Å²) < 4.78 is 48.8. The molecule has 1 N–H and O–H groups in total. The van der Waals surface area contributed by atoms with Crippen LogP contribution in [0.3, 0.4) is 0 Å². The van der Waals surface area contributed by atoms with Crippen LogP contribution in [-0.2, 0) is 14.6 Å². The zero-order valence-corrected chi connectivity index (χ0v) is 19.3. The van der Waals surface area contributed by atoms with Crippen molar-refractivity contribution in [3.63, 3.8) is 0 Å². The molecule has 1 amide bonds. The Morgan fingerprint density at radius 3 is 2.53 bits per heavy atom. The average molecular weight is 467 g/mol. The molecule has 0 bridgehead atoms. The number of sulfone groups is 1. The van der Waals surface area contributed by atoms with E-state index in [2.05, 4.69) is 15.3 Å². The zero-order valence-electron chi connectivity index (χ0n) is 18.5. The monoisotopic (exact) mass is 466 g/mol. The van der Waals surface area contributed by atoms with E-state index in [0.717, 1.165) is 12.3 Å². The van der Waals surface area contributed by atoms with Crippen molar-refractivity contribution >= 4 is 27.4 Å². The maximum absolute atomic E-state index is 14.4. The van der Waals surface area contributed by atoms with Gasteiger partial charge in [-0.05, 0) is 39.0 Å². The molecule has 3 rings (SSSR count). The van der Waals surface area contributed by atoms with E-state index in [1.165, 1.54) is 18.5 Å². The van der Waals surface area contributed by atoms with Crippen molar-refractivity contribution in [1.82, 2.24) is 14.9 Å². The molecule has 1 saturated heterocycles. The predicted octanol–water partition coefficient (Wildman–Crippen LogP) is 3.46. The standard InChI is InChI=1S/C21H27FN4O5S/c1-13(2)30-21(27)26-9-7-15(8-10-26)31-20-14(3)19(23-12-24-20)25-18-6-5-16(11-17(18)22)32(4,28)29/h5-6,11-13,15H,7-10H2,1-4H3,(H,23,24,25). The number of carbonyl (C=O) groups is 1. The van der Waals surface area contributed by atoms with Gasteiger partial charge in [0.05, 0.1) is 22.3 Å². The third-order valence-corrected chi connectivity index (χ3v) is 6.08. The molecule has 0 atom stereocenters. The Kier molecular flexibility index (Phi) is 7.17. The Labute approximate surface area is 186 Å². The maximum atomic E-state index is 14.4. The van der Waals surface area contributed by atoms with Crippen molar-refractivity contribution in [3.8, 4) is 5.88 Å². The first-order chi connectivity index (χ1) is 15.0. The molecule has 1 aromatic heterocycles. The second-order valence-corrected chi connectivity index (χ2v) is 9.94. The minimum Gasteiger partial charge on any atom is -0.474 e. The number of aromatic nitrogens is 2. The number of nitrogens with one attached hydrogen (secondary N) is 1. The summed E-state index contributed by atoms with van der Waals surface area (Å²) in [6, 6.07) is 3.64. The molecular weight excluding hydrogens is 439 g/mol. The maximum Gasteiger partial charge on any atom is 0.410 e. The minimum atomic E-state index is -3.51. The number of rotatable bonds is 6. The lowest BCUT2D eigenvalue weighted by Gasteiger charge is -2.32. The Morgan fingerprint density at radius 2 is 1.94 bits per heavy atom. The summed E-state index contributed by atoms with van der Waals surface area (Å²) in [5.74, 6) is -0.00751. The first-order valence-corrected chi connectivity index (χ1v) is 12.1.